The van der Waals surface area contributed by atoms with E-state index in [1.165, 1.54) is 30.7 Å². The van der Waals surface area contributed by atoms with Crippen molar-refractivity contribution >= 4 is 29.4 Å². The molecule has 0 spiro atoms. The summed E-state index contributed by atoms with van der Waals surface area (Å²) in [6.45, 7) is 1.69. The van der Waals surface area contributed by atoms with Crippen LogP contribution >= 0.6 is 11.6 Å². The molecule has 1 unspecified atom stereocenters. The fourth-order valence-electron chi connectivity index (χ4n) is 2.51. The summed E-state index contributed by atoms with van der Waals surface area (Å²) in [4.78, 5) is 16.3. The number of fused-ring (bicyclic) bond motifs is 1. The van der Waals surface area contributed by atoms with Gasteiger partial charge in [-0.1, -0.05) is 16.8 Å². The van der Waals surface area contributed by atoms with E-state index in [0.717, 1.165) is 0 Å². The molecule has 2 aromatic rings. The van der Waals surface area contributed by atoms with E-state index in [4.69, 9.17) is 16.1 Å². The summed E-state index contributed by atoms with van der Waals surface area (Å²) in [7, 11) is 0. The Kier molecular flexibility index (Phi) is 3.99. The Hall–Kier alpha value is -3.14. The van der Waals surface area contributed by atoms with Crippen LogP contribution in [0.25, 0.3) is 5.70 Å². The third kappa shape index (κ3) is 3.31. The predicted molar refractivity (Wildman–Crippen MR) is 89.8 cm³/mol. The van der Waals surface area contributed by atoms with Crippen molar-refractivity contribution in [3.05, 3.63) is 46.4 Å². The van der Waals surface area contributed by atoms with Crippen LogP contribution < -0.4 is 20.1 Å². The number of ether oxygens (including phenoxy) is 2. The van der Waals surface area contributed by atoms with E-state index < -0.39 is 18.4 Å². The number of alkyl halides is 2. The molecule has 140 valence electrons. The van der Waals surface area contributed by atoms with Crippen molar-refractivity contribution in [1.29, 1.82) is 0 Å². The van der Waals surface area contributed by atoms with Crippen molar-refractivity contribution in [3.63, 3.8) is 0 Å². The third-order valence-corrected chi connectivity index (χ3v) is 4.08. The summed E-state index contributed by atoms with van der Waals surface area (Å²) in [5.41, 5.74) is 1.32. The highest BCUT2D eigenvalue weighted by molar-refractivity contribution is 6.32. The molecule has 0 bridgehead atoms. The molecule has 1 aromatic heterocycles. The summed E-state index contributed by atoms with van der Waals surface area (Å²) in [5, 5.41) is 9.25. The maximum atomic E-state index is 13.2. The Labute approximate surface area is 155 Å². The zero-order valence-corrected chi connectivity index (χ0v) is 14.4. The molecule has 27 heavy (non-hydrogen) atoms. The summed E-state index contributed by atoms with van der Waals surface area (Å²) in [6.07, 6.45) is -0.00167. The van der Waals surface area contributed by atoms with Crippen LogP contribution in [-0.2, 0) is 0 Å². The number of benzene rings is 1. The molecule has 2 N–H and O–H groups in total. The van der Waals surface area contributed by atoms with Crippen LogP contribution in [0.15, 0.2) is 34.0 Å². The van der Waals surface area contributed by atoms with Crippen LogP contribution in [0, 0.1) is 6.92 Å². The van der Waals surface area contributed by atoms with Crippen molar-refractivity contribution in [2.75, 3.05) is 0 Å². The number of aromatic nitrogens is 1. The van der Waals surface area contributed by atoms with Crippen LogP contribution in [0.2, 0.25) is 5.02 Å². The number of hydrogen-bond acceptors (Lipinski definition) is 7. The maximum absolute atomic E-state index is 13.2. The molecule has 8 nitrogen and oxygen atoms in total. The molecular formula is C16H11ClF2N4O4. The second kappa shape index (κ2) is 6.23. The summed E-state index contributed by atoms with van der Waals surface area (Å²) < 4.78 is 40.0. The number of rotatable bonds is 3. The van der Waals surface area contributed by atoms with Gasteiger partial charge >= 0.3 is 6.29 Å². The van der Waals surface area contributed by atoms with Crippen LogP contribution in [0.3, 0.4) is 0 Å². The van der Waals surface area contributed by atoms with E-state index in [1.807, 2.05) is 0 Å². The van der Waals surface area contributed by atoms with Crippen LogP contribution in [-0.4, -0.2) is 29.7 Å². The fraction of sp³-hybridized carbons (Fsp3) is 0.188. The highest BCUT2D eigenvalue weighted by Gasteiger charge is 2.44. The van der Waals surface area contributed by atoms with E-state index in [2.05, 4.69) is 30.3 Å². The molecule has 4 rings (SSSR count). The Morgan fingerprint density at radius 1 is 1.33 bits per heavy atom. The van der Waals surface area contributed by atoms with Gasteiger partial charge in [0.05, 0.1) is 16.9 Å². The minimum absolute atomic E-state index is 0.0970. The molecule has 2 aliphatic heterocycles. The van der Waals surface area contributed by atoms with Gasteiger partial charge in [-0.15, -0.1) is 8.78 Å². The largest absolute Gasteiger partial charge is 0.586 e. The second-order valence-electron chi connectivity index (χ2n) is 5.71. The smallest absolute Gasteiger partial charge is 0.395 e. The van der Waals surface area contributed by atoms with Gasteiger partial charge in [0.1, 0.15) is 6.17 Å². The van der Waals surface area contributed by atoms with E-state index in [0.29, 0.717) is 16.8 Å². The molecule has 0 radical (unpaired) electrons. The lowest BCUT2D eigenvalue weighted by atomic mass is 10.1. The van der Waals surface area contributed by atoms with Crippen molar-refractivity contribution in [2.45, 2.75) is 19.4 Å². The number of carbonyl (C=O) groups excluding carboxylic acids is 1. The average Bonchev–Trinajstić information content (AvgIpc) is 3.16. The van der Waals surface area contributed by atoms with Crippen LogP contribution in [0.5, 0.6) is 11.5 Å². The van der Waals surface area contributed by atoms with Gasteiger partial charge in [-0.05, 0) is 13.0 Å². The van der Waals surface area contributed by atoms with Gasteiger partial charge in [0.25, 0.3) is 5.91 Å². The second-order valence-corrected chi connectivity index (χ2v) is 6.12. The average molecular weight is 397 g/mol. The molecule has 2 aliphatic rings. The highest BCUT2D eigenvalue weighted by Crippen LogP contribution is 2.45. The van der Waals surface area contributed by atoms with Crippen molar-refractivity contribution in [3.8, 4) is 11.5 Å². The zero-order chi connectivity index (χ0) is 19.2. The molecular weight excluding hydrogens is 386 g/mol. The molecule has 3 heterocycles. The number of halogens is 3. The number of amides is 1. The molecule has 0 saturated heterocycles. The van der Waals surface area contributed by atoms with E-state index in [9.17, 15) is 13.6 Å². The topological polar surface area (TPSA) is 98.0 Å². The Morgan fingerprint density at radius 3 is 2.70 bits per heavy atom. The third-order valence-electron chi connectivity index (χ3n) is 3.77. The molecule has 1 amide bonds. The first-order valence-corrected chi connectivity index (χ1v) is 8.02. The fourth-order valence-corrected chi connectivity index (χ4v) is 2.76. The molecule has 0 fully saturated rings. The van der Waals surface area contributed by atoms with Crippen LogP contribution in [0.1, 0.15) is 21.7 Å². The normalized spacial score (nSPS) is 19.4. The Bertz CT molecular complexity index is 989. The number of nitrogens with zero attached hydrogens (tertiary/aromatic N) is 2. The van der Waals surface area contributed by atoms with Crippen LogP contribution in [0.4, 0.5) is 8.78 Å². The monoisotopic (exact) mass is 396 g/mol. The quantitative estimate of drug-likeness (QED) is 0.827. The minimum Gasteiger partial charge on any atom is -0.395 e. The summed E-state index contributed by atoms with van der Waals surface area (Å²) in [6, 6.07) is 2.53. The van der Waals surface area contributed by atoms with Crippen molar-refractivity contribution in [1.82, 2.24) is 15.8 Å². The lowest BCUT2D eigenvalue weighted by Crippen LogP contribution is -2.45. The molecule has 0 saturated carbocycles. The van der Waals surface area contributed by atoms with Gasteiger partial charge < -0.3 is 24.6 Å². The van der Waals surface area contributed by atoms with Gasteiger partial charge in [-0.2, -0.15) is 0 Å². The molecule has 1 atom stereocenters. The number of aliphatic imine (C=N–C) groups is 1. The van der Waals surface area contributed by atoms with Gasteiger partial charge in [0, 0.05) is 29.6 Å². The summed E-state index contributed by atoms with van der Waals surface area (Å²) in [5.74, 6) is -0.671. The van der Waals surface area contributed by atoms with Crippen molar-refractivity contribution < 1.29 is 27.6 Å². The first-order valence-electron chi connectivity index (χ1n) is 7.65. The maximum Gasteiger partial charge on any atom is 0.586 e. The Morgan fingerprint density at radius 2 is 2.07 bits per heavy atom. The van der Waals surface area contributed by atoms with E-state index in [1.54, 1.807) is 6.92 Å². The summed E-state index contributed by atoms with van der Waals surface area (Å²) >= 11 is 6.13. The molecule has 0 aliphatic carbocycles. The highest BCUT2D eigenvalue weighted by atomic mass is 35.5. The number of carbonyl (C=O) groups is 1. The first-order chi connectivity index (χ1) is 12.8. The number of nitrogens with one attached hydrogen (secondary N) is 2. The van der Waals surface area contributed by atoms with Gasteiger partial charge in [0.15, 0.2) is 11.5 Å². The SMILES string of the molecule is Cc1cnoc1C(=O)NC1C=NC(c2cc3c(cc2Cl)OC(F)(F)O3)=CN1. The van der Waals surface area contributed by atoms with Crippen molar-refractivity contribution in [2.24, 2.45) is 4.99 Å². The number of aryl methyl sites for hydroxylation is 1. The van der Waals surface area contributed by atoms with Gasteiger partial charge in [-0.25, -0.2) is 0 Å². The Balaban J connectivity index is 1.48. The predicted octanol–water partition coefficient (Wildman–Crippen LogP) is 2.69. The first kappa shape index (κ1) is 17.3. The minimum atomic E-state index is -3.74. The van der Waals surface area contributed by atoms with Gasteiger partial charge in [0.2, 0.25) is 5.76 Å². The standard InChI is InChI=1S/C16H11ClF2N4O4/c1-7-4-22-27-14(7)15(24)23-13-6-20-10(5-21-13)8-2-11-12(3-9(8)17)26-16(18,19)25-11/h2-6,13,21H,1H3,(H,23,24). The lowest BCUT2D eigenvalue weighted by molar-refractivity contribution is -0.286. The van der Waals surface area contributed by atoms with E-state index >= 15 is 0 Å². The lowest BCUT2D eigenvalue weighted by Gasteiger charge is -2.19. The van der Waals surface area contributed by atoms with Gasteiger partial charge in [-0.3, -0.25) is 9.79 Å². The molecule has 1 aromatic carbocycles. The molecule has 11 heteroatoms. The van der Waals surface area contributed by atoms with E-state index in [-0.39, 0.29) is 22.3 Å². The number of hydrogen-bond donors (Lipinski definition) is 2. The zero-order valence-electron chi connectivity index (χ0n) is 13.6.